The lowest BCUT2D eigenvalue weighted by molar-refractivity contribution is 0.102. The summed E-state index contributed by atoms with van der Waals surface area (Å²) in [4.78, 5) is 35.8. The topological polar surface area (TPSA) is 101 Å². The van der Waals surface area contributed by atoms with Crippen molar-refractivity contribution in [2.75, 3.05) is 5.32 Å². The maximum atomic E-state index is 11.6. The number of nitrogens with zero attached hydrogens (tertiary/aromatic N) is 3. The molecule has 0 aliphatic rings. The van der Waals surface area contributed by atoms with Gasteiger partial charge in [0.2, 0.25) is 0 Å². The van der Waals surface area contributed by atoms with Gasteiger partial charge in [-0.2, -0.15) is 0 Å². The largest absolute Gasteiger partial charge is 0.325 e. The zero-order chi connectivity index (χ0) is 11.4. The maximum Gasteiger partial charge on any atom is 0.275 e. The molecule has 0 atom stereocenters. The normalized spacial score (nSPS) is 9.75. The second-order valence-corrected chi connectivity index (χ2v) is 2.88. The molecule has 1 amide bonds. The van der Waals surface area contributed by atoms with Crippen LogP contribution in [-0.2, 0) is 0 Å². The smallest absolute Gasteiger partial charge is 0.275 e. The zero-order valence-electron chi connectivity index (χ0n) is 8.04. The fourth-order valence-corrected chi connectivity index (χ4v) is 1.03. The van der Waals surface area contributed by atoms with E-state index in [4.69, 9.17) is 0 Å². The third kappa shape index (κ3) is 2.27. The summed E-state index contributed by atoms with van der Waals surface area (Å²) < 4.78 is 0. The van der Waals surface area contributed by atoms with Crippen LogP contribution in [0.4, 0.5) is 5.69 Å². The lowest BCUT2D eigenvalue weighted by Gasteiger charge is -2.02. The van der Waals surface area contributed by atoms with Gasteiger partial charge in [0, 0.05) is 6.20 Å². The monoisotopic (exact) mass is 217 g/mol. The Morgan fingerprint density at radius 1 is 1.25 bits per heavy atom. The SMILES string of the molecule is O=C(Nc1cncnc1)c1c[nH]c(=O)cn1. The van der Waals surface area contributed by atoms with Crippen LogP contribution >= 0.6 is 0 Å². The van der Waals surface area contributed by atoms with Gasteiger partial charge in [-0.1, -0.05) is 0 Å². The molecule has 0 bridgehead atoms. The Labute approximate surface area is 89.6 Å². The number of aromatic amines is 1. The minimum Gasteiger partial charge on any atom is -0.325 e. The highest BCUT2D eigenvalue weighted by Gasteiger charge is 2.07. The molecule has 0 saturated heterocycles. The van der Waals surface area contributed by atoms with Crippen LogP contribution in [0.25, 0.3) is 0 Å². The van der Waals surface area contributed by atoms with Gasteiger partial charge in [0.15, 0.2) is 0 Å². The summed E-state index contributed by atoms with van der Waals surface area (Å²) in [6.45, 7) is 0. The number of carbonyl (C=O) groups is 1. The Balaban J connectivity index is 2.15. The van der Waals surface area contributed by atoms with E-state index < -0.39 is 5.91 Å². The molecule has 7 heteroatoms. The molecule has 0 aliphatic carbocycles. The standard InChI is InChI=1S/C9H7N5O2/c15-8-4-12-7(3-13-8)9(16)14-6-1-10-5-11-2-6/h1-5H,(H,13,15)(H,14,16). The molecule has 0 unspecified atom stereocenters. The van der Waals surface area contributed by atoms with Crippen LogP contribution in [-0.4, -0.2) is 25.8 Å². The summed E-state index contributed by atoms with van der Waals surface area (Å²) in [6, 6.07) is 0. The van der Waals surface area contributed by atoms with Gasteiger partial charge < -0.3 is 10.3 Å². The number of H-pyrrole nitrogens is 1. The molecule has 0 radical (unpaired) electrons. The van der Waals surface area contributed by atoms with E-state index in [1.807, 2.05) is 0 Å². The molecule has 0 aromatic carbocycles. The third-order valence-corrected chi connectivity index (χ3v) is 1.72. The highest BCUT2D eigenvalue weighted by Crippen LogP contribution is 2.02. The van der Waals surface area contributed by atoms with E-state index in [0.717, 1.165) is 6.20 Å². The van der Waals surface area contributed by atoms with Crippen molar-refractivity contribution < 1.29 is 4.79 Å². The highest BCUT2D eigenvalue weighted by atomic mass is 16.2. The van der Waals surface area contributed by atoms with Crippen molar-refractivity contribution in [1.82, 2.24) is 19.9 Å². The van der Waals surface area contributed by atoms with Crippen LogP contribution in [0.1, 0.15) is 10.5 Å². The molecular formula is C9H7N5O2. The van der Waals surface area contributed by atoms with Crippen LogP contribution in [0.2, 0.25) is 0 Å². The molecule has 2 N–H and O–H groups in total. The zero-order valence-corrected chi connectivity index (χ0v) is 8.04. The number of aromatic nitrogens is 4. The van der Waals surface area contributed by atoms with Crippen LogP contribution in [0, 0.1) is 0 Å². The molecule has 0 spiro atoms. The van der Waals surface area contributed by atoms with Gasteiger partial charge in [-0.25, -0.2) is 15.0 Å². The van der Waals surface area contributed by atoms with E-state index >= 15 is 0 Å². The number of hydrogen-bond acceptors (Lipinski definition) is 5. The van der Waals surface area contributed by atoms with E-state index in [0.29, 0.717) is 5.69 Å². The Kier molecular flexibility index (Phi) is 2.68. The molecule has 0 aliphatic heterocycles. The van der Waals surface area contributed by atoms with E-state index in [2.05, 4.69) is 25.3 Å². The third-order valence-electron chi connectivity index (χ3n) is 1.72. The first-order valence-corrected chi connectivity index (χ1v) is 4.37. The number of hydrogen-bond donors (Lipinski definition) is 2. The number of rotatable bonds is 2. The predicted molar refractivity (Wildman–Crippen MR) is 54.8 cm³/mol. The van der Waals surface area contributed by atoms with E-state index in [1.54, 1.807) is 0 Å². The predicted octanol–water partition coefficient (Wildman–Crippen LogP) is -0.188. The summed E-state index contributed by atoms with van der Waals surface area (Å²) in [5.41, 5.74) is 0.212. The molecule has 0 saturated carbocycles. The summed E-state index contributed by atoms with van der Waals surface area (Å²) in [6.07, 6.45) is 6.54. The lowest BCUT2D eigenvalue weighted by atomic mass is 10.4. The molecule has 80 valence electrons. The number of nitrogens with one attached hydrogen (secondary N) is 2. The molecular weight excluding hydrogens is 210 g/mol. The van der Waals surface area contributed by atoms with Gasteiger partial charge in [0.05, 0.1) is 24.3 Å². The highest BCUT2D eigenvalue weighted by molar-refractivity contribution is 6.02. The van der Waals surface area contributed by atoms with Crippen molar-refractivity contribution in [1.29, 1.82) is 0 Å². The van der Waals surface area contributed by atoms with Gasteiger partial charge in [-0.3, -0.25) is 9.59 Å². The van der Waals surface area contributed by atoms with Crippen LogP contribution in [0.5, 0.6) is 0 Å². The van der Waals surface area contributed by atoms with Crippen molar-refractivity contribution in [3.8, 4) is 0 Å². The van der Waals surface area contributed by atoms with Crippen molar-refractivity contribution in [3.05, 3.63) is 47.2 Å². The molecule has 0 fully saturated rings. The summed E-state index contributed by atoms with van der Waals surface area (Å²) >= 11 is 0. The Morgan fingerprint density at radius 2 is 2.00 bits per heavy atom. The quantitative estimate of drug-likeness (QED) is 0.726. The van der Waals surface area contributed by atoms with E-state index in [-0.39, 0.29) is 11.3 Å². The van der Waals surface area contributed by atoms with Crippen LogP contribution in [0.3, 0.4) is 0 Å². The minimum atomic E-state index is -0.439. The van der Waals surface area contributed by atoms with Crippen molar-refractivity contribution in [2.24, 2.45) is 0 Å². The van der Waals surface area contributed by atoms with Crippen LogP contribution in [0.15, 0.2) is 35.9 Å². The first kappa shape index (κ1) is 9.97. The second-order valence-electron chi connectivity index (χ2n) is 2.88. The minimum absolute atomic E-state index is 0.114. The summed E-state index contributed by atoms with van der Waals surface area (Å²) in [5.74, 6) is -0.439. The van der Waals surface area contributed by atoms with Crippen molar-refractivity contribution >= 4 is 11.6 Å². The van der Waals surface area contributed by atoms with Gasteiger partial charge in [0.25, 0.3) is 11.5 Å². The van der Waals surface area contributed by atoms with Crippen LogP contribution < -0.4 is 10.9 Å². The summed E-state index contributed by atoms with van der Waals surface area (Å²) in [7, 11) is 0. The Bertz CT molecular complexity index is 531. The molecule has 2 heterocycles. The fourth-order valence-electron chi connectivity index (χ4n) is 1.03. The Hall–Kier alpha value is -2.57. The first-order valence-electron chi connectivity index (χ1n) is 4.37. The van der Waals surface area contributed by atoms with Crippen molar-refractivity contribution in [2.45, 2.75) is 0 Å². The lowest BCUT2D eigenvalue weighted by Crippen LogP contribution is -2.17. The van der Waals surface area contributed by atoms with E-state index in [1.165, 1.54) is 24.9 Å². The number of amides is 1. The summed E-state index contributed by atoms with van der Waals surface area (Å²) in [5, 5.41) is 2.53. The average molecular weight is 217 g/mol. The van der Waals surface area contributed by atoms with E-state index in [9.17, 15) is 9.59 Å². The number of carbonyl (C=O) groups excluding carboxylic acids is 1. The molecule has 2 aromatic rings. The molecule has 16 heavy (non-hydrogen) atoms. The Morgan fingerprint density at radius 3 is 2.62 bits per heavy atom. The van der Waals surface area contributed by atoms with Gasteiger partial charge in [0.1, 0.15) is 12.0 Å². The second kappa shape index (κ2) is 4.30. The fraction of sp³-hybridized carbons (Fsp3) is 0. The maximum absolute atomic E-state index is 11.6. The molecule has 2 rings (SSSR count). The van der Waals surface area contributed by atoms with Gasteiger partial charge in [-0.15, -0.1) is 0 Å². The molecule has 2 aromatic heterocycles. The molecule has 7 nitrogen and oxygen atoms in total. The van der Waals surface area contributed by atoms with Gasteiger partial charge >= 0.3 is 0 Å². The first-order chi connectivity index (χ1) is 7.75. The van der Waals surface area contributed by atoms with Crippen molar-refractivity contribution in [3.63, 3.8) is 0 Å². The number of anilines is 1. The van der Waals surface area contributed by atoms with Gasteiger partial charge in [-0.05, 0) is 0 Å². The average Bonchev–Trinajstić information content (AvgIpc) is 2.31.